The number of aromatic nitrogens is 1. The van der Waals surface area contributed by atoms with Gasteiger partial charge in [0, 0.05) is 31.3 Å². The molecule has 0 aromatic carbocycles. The van der Waals surface area contributed by atoms with Gasteiger partial charge in [-0.1, -0.05) is 0 Å². The van der Waals surface area contributed by atoms with Crippen molar-refractivity contribution in [2.45, 2.75) is 39.2 Å². The van der Waals surface area contributed by atoms with Gasteiger partial charge in [0.05, 0.1) is 7.11 Å². The summed E-state index contributed by atoms with van der Waals surface area (Å²) >= 11 is 0. The molecule has 0 spiro atoms. The zero-order chi connectivity index (χ0) is 14.9. The lowest BCUT2D eigenvalue weighted by Crippen LogP contribution is -2.50. The van der Waals surface area contributed by atoms with E-state index in [2.05, 4.69) is 4.98 Å². The lowest BCUT2D eigenvalue weighted by molar-refractivity contribution is 0.00810. The number of carbonyl (C=O) groups is 1. The number of pyridine rings is 1. The summed E-state index contributed by atoms with van der Waals surface area (Å²) in [4.78, 5) is 17.8. The van der Waals surface area contributed by atoms with Gasteiger partial charge in [-0.05, 0) is 38.8 Å². The molecular formula is C15H22N2O3. The minimum absolute atomic E-state index is 0.243. The first-order valence-electron chi connectivity index (χ1n) is 6.78. The Labute approximate surface area is 119 Å². The van der Waals surface area contributed by atoms with E-state index in [1.807, 2.05) is 40.0 Å². The third-order valence-corrected chi connectivity index (χ3v) is 3.31. The Kier molecular flexibility index (Phi) is 3.88. The molecule has 1 aliphatic rings. The number of ether oxygens (including phenoxy) is 2. The van der Waals surface area contributed by atoms with Crippen LogP contribution in [0.2, 0.25) is 0 Å². The first kappa shape index (κ1) is 14.6. The summed E-state index contributed by atoms with van der Waals surface area (Å²) in [6, 6.07) is 1.92. The molecule has 0 unspecified atom stereocenters. The topological polar surface area (TPSA) is 51.7 Å². The summed E-state index contributed by atoms with van der Waals surface area (Å²) in [6.45, 7) is 9.03. The molecule has 20 heavy (non-hydrogen) atoms. The second kappa shape index (κ2) is 5.31. The monoisotopic (exact) mass is 278 g/mol. The molecule has 2 rings (SSSR count). The van der Waals surface area contributed by atoms with Gasteiger partial charge in [0.15, 0.2) is 0 Å². The van der Waals surface area contributed by atoms with Crippen molar-refractivity contribution >= 4 is 6.09 Å². The van der Waals surface area contributed by atoms with Crippen LogP contribution in [0.25, 0.3) is 0 Å². The summed E-state index contributed by atoms with van der Waals surface area (Å²) in [5.41, 5.74) is 1.87. The van der Waals surface area contributed by atoms with Crippen LogP contribution in [-0.2, 0) is 4.74 Å². The number of hydrogen-bond acceptors (Lipinski definition) is 4. The van der Waals surface area contributed by atoms with Crippen LogP contribution < -0.4 is 4.74 Å². The predicted octanol–water partition coefficient (Wildman–Crippen LogP) is 2.73. The summed E-state index contributed by atoms with van der Waals surface area (Å²) in [7, 11) is 1.61. The third kappa shape index (κ3) is 3.21. The minimum Gasteiger partial charge on any atom is -0.481 e. The molecule has 0 aliphatic carbocycles. The first-order chi connectivity index (χ1) is 9.30. The highest BCUT2D eigenvalue weighted by Gasteiger charge is 2.35. The molecule has 0 bridgehead atoms. The zero-order valence-corrected chi connectivity index (χ0v) is 12.8. The molecule has 5 heteroatoms. The molecule has 0 radical (unpaired) electrons. The minimum atomic E-state index is -0.445. The number of nitrogens with zero attached hydrogens (tertiary/aromatic N) is 2. The molecule has 1 amide bonds. The van der Waals surface area contributed by atoms with Crippen molar-refractivity contribution in [2.75, 3.05) is 20.2 Å². The van der Waals surface area contributed by atoms with Crippen molar-refractivity contribution in [3.05, 3.63) is 23.4 Å². The van der Waals surface area contributed by atoms with Gasteiger partial charge in [0.25, 0.3) is 0 Å². The second-order valence-corrected chi connectivity index (χ2v) is 6.17. The molecule has 110 valence electrons. The SMILES string of the molecule is COc1cc(C)c(C2CN(C(=O)OC(C)(C)C)C2)cn1. The van der Waals surface area contributed by atoms with Crippen molar-refractivity contribution in [3.63, 3.8) is 0 Å². The van der Waals surface area contributed by atoms with Gasteiger partial charge in [0.1, 0.15) is 5.60 Å². The first-order valence-corrected chi connectivity index (χ1v) is 6.78. The third-order valence-electron chi connectivity index (χ3n) is 3.31. The van der Waals surface area contributed by atoms with Crippen LogP contribution in [0.15, 0.2) is 12.3 Å². The fraction of sp³-hybridized carbons (Fsp3) is 0.600. The number of aryl methyl sites for hydroxylation is 1. The highest BCUT2D eigenvalue weighted by atomic mass is 16.6. The van der Waals surface area contributed by atoms with Gasteiger partial charge < -0.3 is 14.4 Å². The number of rotatable bonds is 2. The Balaban J connectivity index is 1.95. The van der Waals surface area contributed by atoms with Crippen molar-refractivity contribution in [1.82, 2.24) is 9.88 Å². The maximum atomic E-state index is 11.9. The molecule has 1 aromatic heterocycles. The quantitative estimate of drug-likeness (QED) is 0.834. The van der Waals surface area contributed by atoms with Crippen molar-refractivity contribution in [2.24, 2.45) is 0 Å². The number of hydrogen-bond donors (Lipinski definition) is 0. The van der Waals surface area contributed by atoms with Gasteiger partial charge in [-0.25, -0.2) is 9.78 Å². The van der Waals surface area contributed by atoms with Crippen LogP contribution in [0, 0.1) is 6.92 Å². The Morgan fingerprint density at radius 1 is 1.40 bits per heavy atom. The molecule has 1 fully saturated rings. The van der Waals surface area contributed by atoms with Gasteiger partial charge in [-0.15, -0.1) is 0 Å². The number of amides is 1. The Morgan fingerprint density at radius 2 is 2.05 bits per heavy atom. The molecule has 1 aromatic rings. The van der Waals surface area contributed by atoms with Crippen LogP contribution in [-0.4, -0.2) is 41.8 Å². The highest BCUT2D eigenvalue weighted by molar-refractivity contribution is 5.69. The van der Waals surface area contributed by atoms with Gasteiger partial charge >= 0.3 is 6.09 Å². The van der Waals surface area contributed by atoms with E-state index < -0.39 is 5.60 Å². The van der Waals surface area contributed by atoms with Crippen LogP contribution >= 0.6 is 0 Å². The summed E-state index contributed by atoms with van der Waals surface area (Å²) in [5, 5.41) is 0. The van der Waals surface area contributed by atoms with Crippen LogP contribution in [0.5, 0.6) is 5.88 Å². The summed E-state index contributed by atoms with van der Waals surface area (Å²) in [5.74, 6) is 0.954. The lowest BCUT2D eigenvalue weighted by atomic mass is 9.90. The number of carbonyl (C=O) groups excluding carboxylic acids is 1. The molecule has 0 N–H and O–H groups in total. The predicted molar refractivity (Wildman–Crippen MR) is 76.1 cm³/mol. The van der Waals surface area contributed by atoms with E-state index in [1.165, 1.54) is 5.56 Å². The zero-order valence-electron chi connectivity index (χ0n) is 12.8. The average Bonchev–Trinajstić information content (AvgIpc) is 2.26. The van der Waals surface area contributed by atoms with E-state index in [9.17, 15) is 4.79 Å². The number of methoxy groups -OCH3 is 1. The maximum Gasteiger partial charge on any atom is 0.410 e. The molecule has 2 heterocycles. The Morgan fingerprint density at radius 3 is 2.55 bits per heavy atom. The van der Waals surface area contributed by atoms with E-state index >= 15 is 0 Å². The fourth-order valence-electron chi connectivity index (χ4n) is 2.23. The smallest absolute Gasteiger partial charge is 0.410 e. The largest absolute Gasteiger partial charge is 0.481 e. The van der Waals surface area contributed by atoms with E-state index in [0.717, 1.165) is 5.56 Å². The van der Waals surface area contributed by atoms with Crippen LogP contribution in [0.4, 0.5) is 4.79 Å². The molecule has 0 saturated carbocycles. The molecule has 1 aliphatic heterocycles. The van der Waals surface area contributed by atoms with Gasteiger partial charge in [-0.2, -0.15) is 0 Å². The second-order valence-electron chi connectivity index (χ2n) is 6.17. The van der Waals surface area contributed by atoms with Crippen LogP contribution in [0.1, 0.15) is 37.8 Å². The van der Waals surface area contributed by atoms with E-state index in [-0.39, 0.29) is 6.09 Å². The molecule has 1 saturated heterocycles. The van der Waals surface area contributed by atoms with Crippen LogP contribution in [0.3, 0.4) is 0 Å². The van der Waals surface area contributed by atoms with Crippen molar-refractivity contribution in [3.8, 4) is 5.88 Å². The van der Waals surface area contributed by atoms with E-state index in [0.29, 0.717) is 24.9 Å². The molecule has 5 nitrogen and oxygen atoms in total. The van der Waals surface area contributed by atoms with Gasteiger partial charge in [-0.3, -0.25) is 0 Å². The fourth-order valence-corrected chi connectivity index (χ4v) is 2.23. The Hall–Kier alpha value is -1.78. The van der Waals surface area contributed by atoms with Crippen molar-refractivity contribution in [1.29, 1.82) is 0 Å². The Bertz CT molecular complexity index is 502. The van der Waals surface area contributed by atoms with E-state index in [4.69, 9.17) is 9.47 Å². The summed E-state index contributed by atoms with van der Waals surface area (Å²) < 4.78 is 10.4. The lowest BCUT2D eigenvalue weighted by Gasteiger charge is -2.40. The van der Waals surface area contributed by atoms with Gasteiger partial charge in [0.2, 0.25) is 5.88 Å². The summed E-state index contributed by atoms with van der Waals surface area (Å²) in [6.07, 6.45) is 1.60. The number of likely N-dealkylation sites (tertiary alicyclic amines) is 1. The average molecular weight is 278 g/mol. The maximum absolute atomic E-state index is 11.9. The van der Waals surface area contributed by atoms with E-state index in [1.54, 1.807) is 12.0 Å². The normalized spacial score (nSPS) is 15.8. The standard InChI is InChI=1S/C15H22N2O3/c1-10-6-13(19-5)16-7-12(10)11-8-17(9-11)14(18)20-15(2,3)4/h6-7,11H,8-9H2,1-5H3. The molecular weight excluding hydrogens is 256 g/mol. The highest BCUT2D eigenvalue weighted by Crippen LogP contribution is 2.31. The molecule has 0 atom stereocenters. The van der Waals surface area contributed by atoms with Crippen molar-refractivity contribution < 1.29 is 14.3 Å².